The molecule has 2 N–H and O–H groups in total. The number of pyridine rings is 1. The second-order valence-electron chi connectivity index (χ2n) is 4.06. The van der Waals surface area contributed by atoms with Gasteiger partial charge >= 0.3 is 0 Å². The summed E-state index contributed by atoms with van der Waals surface area (Å²) >= 11 is 0. The summed E-state index contributed by atoms with van der Waals surface area (Å²) in [4.78, 5) is 4.23. The van der Waals surface area contributed by atoms with Crippen molar-refractivity contribution in [1.29, 1.82) is 0 Å². The minimum atomic E-state index is 0.273. The van der Waals surface area contributed by atoms with Crippen molar-refractivity contribution in [3.63, 3.8) is 0 Å². The molecule has 15 heavy (non-hydrogen) atoms. The van der Waals surface area contributed by atoms with Crippen LogP contribution in [0.4, 0.5) is 0 Å². The van der Waals surface area contributed by atoms with Crippen LogP contribution in [0.1, 0.15) is 24.6 Å². The van der Waals surface area contributed by atoms with Gasteiger partial charge in [-0.3, -0.25) is 4.98 Å². The van der Waals surface area contributed by atoms with Gasteiger partial charge in [0.15, 0.2) is 0 Å². The van der Waals surface area contributed by atoms with Crippen molar-refractivity contribution in [1.82, 2.24) is 10.3 Å². The van der Waals surface area contributed by atoms with E-state index in [0.29, 0.717) is 5.92 Å². The van der Waals surface area contributed by atoms with E-state index in [0.717, 1.165) is 25.2 Å². The van der Waals surface area contributed by atoms with Gasteiger partial charge in [0, 0.05) is 25.0 Å². The van der Waals surface area contributed by atoms with Gasteiger partial charge in [0.05, 0.1) is 0 Å². The number of aryl methyl sites for hydroxylation is 1. The molecule has 3 heteroatoms. The molecule has 1 rings (SSSR count). The Morgan fingerprint density at radius 3 is 2.87 bits per heavy atom. The van der Waals surface area contributed by atoms with Crippen LogP contribution in [0, 0.1) is 12.8 Å². The summed E-state index contributed by atoms with van der Waals surface area (Å²) in [5.74, 6) is 0.522. The minimum absolute atomic E-state index is 0.273. The monoisotopic (exact) mass is 208 g/mol. The quantitative estimate of drug-likeness (QED) is 0.744. The maximum Gasteiger partial charge on any atom is 0.0434 e. The van der Waals surface area contributed by atoms with E-state index in [1.54, 1.807) is 0 Å². The molecule has 1 atom stereocenters. The molecule has 1 aromatic heterocycles. The van der Waals surface area contributed by atoms with Crippen molar-refractivity contribution >= 4 is 0 Å². The Kier molecular flexibility index (Phi) is 5.29. The van der Waals surface area contributed by atoms with E-state index in [4.69, 9.17) is 5.11 Å². The first-order valence-corrected chi connectivity index (χ1v) is 5.45. The fraction of sp³-hybridized carbons (Fsp3) is 0.583. The Labute approximate surface area is 91.5 Å². The van der Waals surface area contributed by atoms with Gasteiger partial charge in [0.1, 0.15) is 0 Å². The summed E-state index contributed by atoms with van der Waals surface area (Å²) in [6, 6.07) is 4.11. The molecule has 0 fully saturated rings. The molecule has 0 aromatic carbocycles. The number of aromatic nitrogens is 1. The van der Waals surface area contributed by atoms with E-state index in [2.05, 4.69) is 23.3 Å². The second kappa shape index (κ2) is 6.53. The topological polar surface area (TPSA) is 45.1 Å². The number of nitrogens with one attached hydrogen (secondary N) is 1. The van der Waals surface area contributed by atoms with Crippen molar-refractivity contribution in [3.8, 4) is 0 Å². The van der Waals surface area contributed by atoms with Crippen molar-refractivity contribution in [2.45, 2.75) is 26.8 Å². The first-order chi connectivity index (χ1) is 7.22. The summed E-state index contributed by atoms with van der Waals surface area (Å²) in [6.07, 6.45) is 2.76. The van der Waals surface area contributed by atoms with Gasteiger partial charge in [0.25, 0.3) is 0 Å². The molecular formula is C12H20N2O. The van der Waals surface area contributed by atoms with Crippen molar-refractivity contribution in [3.05, 3.63) is 29.6 Å². The summed E-state index contributed by atoms with van der Waals surface area (Å²) < 4.78 is 0. The zero-order valence-corrected chi connectivity index (χ0v) is 9.53. The molecule has 0 saturated heterocycles. The molecule has 1 unspecified atom stereocenters. The highest BCUT2D eigenvalue weighted by molar-refractivity contribution is 5.12. The molecule has 0 aliphatic rings. The molecule has 1 heterocycles. The van der Waals surface area contributed by atoms with Crippen LogP contribution in [0.3, 0.4) is 0 Å². The molecule has 84 valence electrons. The van der Waals surface area contributed by atoms with Gasteiger partial charge in [-0.1, -0.05) is 13.0 Å². The fourth-order valence-electron chi connectivity index (χ4n) is 1.39. The molecular weight excluding hydrogens is 188 g/mol. The molecule has 3 nitrogen and oxygen atoms in total. The Morgan fingerprint density at radius 2 is 2.27 bits per heavy atom. The lowest BCUT2D eigenvalue weighted by Crippen LogP contribution is -2.21. The van der Waals surface area contributed by atoms with Crippen molar-refractivity contribution < 1.29 is 5.11 Å². The third-order valence-corrected chi connectivity index (χ3v) is 2.42. The first kappa shape index (κ1) is 12.1. The molecule has 0 saturated carbocycles. The Balaban J connectivity index is 2.22. The molecule has 0 aliphatic heterocycles. The van der Waals surface area contributed by atoms with Gasteiger partial charge in [-0.2, -0.15) is 0 Å². The summed E-state index contributed by atoms with van der Waals surface area (Å²) in [5.41, 5.74) is 2.25. The van der Waals surface area contributed by atoms with Gasteiger partial charge < -0.3 is 10.4 Å². The SMILES string of the molecule is Cc1ccc(CNCC(C)CCO)cn1. The largest absolute Gasteiger partial charge is 0.396 e. The van der Waals surface area contributed by atoms with E-state index in [9.17, 15) is 0 Å². The maximum atomic E-state index is 8.75. The zero-order valence-electron chi connectivity index (χ0n) is 9.53. The predicted octanol–water partition coefficient (Wildman–Crippen LogP) is 1.50. The lowest BCUT2D eigenvalue weighted by Gasteiger charge is -2.10. The third kappa shape index (κ3) is 4.91. The number of nitrogens with zero attached hydrogens (tertiary/aromatic N) is 1. The van der Waals surface area contributed by atoms with Crippen molar-refractivity contribution in [2.24, 2.45) is 5.92 Å². The summed E-state index contributed by atoms with van der Waals surface area (Å²) in [7, 11) is 0. The van der Waals surface area contributed by atoms with Crippen molar-refractivity contribution in [2.75, 3.05) is 13.2 Å². The van der Waals surface area contributed by atoms with Gasteiger partial charge in [0.2, 0.25) is 0 Å². The predicted molar refractivity (Wildman–Crippen MR) is 61.5 cm³/mol. The molecule has 0 amide bonds. The molecule has 0 aliphatic carbocycles. The highest BCUT2D eigenvalue weighted by Gasteiger charge is 2.00. The number of hydrogen-bond acceptors (Lipinski definition) is 3. The second-order valence-corrected chi connectivity index (χ2v) is 4.06. The molecule has 0 radical (unpaired) electrons. The number of rotatable bonds is 6. The number of aliphatic hydroxyl groups is 1. The highest BCUT2D eigenvalue weighted by Crippen LogP contribution is 2.01. The van der Waals surface area contributed by atoms with Gasteiger partial charge in [-0.25, -0.2) is 0 Å². The van der Waals surface area contributed by atoms with E-state index in [1.165, 1.54) is 5.56 Å². The molecule has 1 aromatic rings. The van der Waals surface area contributed by atoms with E-state index < -0.39 is 0 Å². The third-order valence-electron chi connectivity index (χ3n) is 2.42. The minimum Gasteiger partial charge on any atom is -0.396 e. The van der Waals surface area contributed by atoms with Crippen LogP contribution in [0.2, 0.25) is 0 Å². The van der Waals surface area contributed by atoms with E-state index in [-0.39, 0.29) is 6.61 Å². The van der Waals surface area contributed by atoms with Gasteiger partial charge in [-0.15, -0.1) is 0 Å². The first-order valence-electron chi connectivity index (χ1n) is 5.45. The smallest absolute Gasteiger partial charge is 0.0434 e. The zero-order chi connectivity index (χ0) is 11.1. The van der Waals surface area contributed by atoms with E-state index >= 15 is 0 Å². The summed E-state index contributed by atoms with van der Waals surface area (Å²) in [6.45, 7) is 6.18. The average Bonchev–Trinajstić information content (AvgIpc) is 2.21. The molecule has 0 bridgehead atoms. The van der Waals surface area contributed by atoms with Crippen LogP contribution in [-0.4, -0.2) is 23.2 Å². The fourth-order valence-corrected chi connectivity index (χ4v) is 1.39. The lowest BCUT2D eigenvalue weighted by molar-refractivity contribution is 0.260. The van der Waals surface area contributed by atoms with Crippen LogP contribution in [0.5, 0.6) is 0 Å². The number of aliphatic hydroxyl groups excluding tert-OH is 1. The Hall–Kier alpha value is -0.930. The Morgan fingerprint density at radius 1 is 1.47 bits per heavy atom. The van der Waals surface area contributed by atoms with Crippen LogP contribution < -0.4 is 5.32 Å². The maximum absolute atomic E-state index is 8.75. The van der Waals surface area contributed by atoms with Crippen LogP contribution >= 0.6 is 0 Å². The van der Waals surface area contributed by atoms with Crippen LogP contribution in [0.15, 0.2) is 18.3 Å². The highest BCUT2D eigenvalue weighted by atomic mass is 16.3. The lowest BCUT2D eigenvalue weighted by atomic mass is 10.1. The van der Waals surface area contributed by atoms with Gasteiger partial charge in [-0.05, 0) is 37.4 Å². The number of hydrogen-bond donors (Lipinski definition) is 2. The summed E-state index contributed by atoms with van der Waals surface area (Å²) in [5, 5.41) is 12.1. The van der Waals surface area contributed by atoms with Crippen LogP contribution in [0.25, 0.3) is 0 Å². The standard InChI is InChI=1S/C12H20N2O/c1-10(5-6-15)7-13-8-12-4-3-11(2)14-9-12/h3-4,9-10,13,15H,5-8H2,1-2H3. The normalized spacial score (nSPS) is 12.7. The molecule has 0 spiro atoms. The van der Waals surface area contributed by atoms with E-state index in [1.807, 2.05) is 19.2 Å². The average molecular weight is 208 g/mol. The Bertz CT molecular complexity index is 271. The van der Waals surface area contributed by atoms with Crippen LogP contribution in [-0.2, 0) is 6.54 Å².